The maximum absolute atomic E-state index is 12.7. The van der Waals surface area contributed by atoms with Gasteiger partial charge in [-0.3, -0.25) is 19.2 Å². The summed E-state index contributed by atoms with van der Waals surface area (Å²) < 4.78 is 5.40. The SMILES string of the molecule is CC(=O)c1c(C)[nH]c(C(=O)[C@H](C)OC(=O)[C@@H]2CC(=O)N(C3CCCC3)C2)c1C. The summed E-state index contributed by atoms with van der Waals surface area (Å²) in [6, 6.07) is 0.235. The molecular weight excluding hydrogens is 360 g/mol. The Morgan fingerprint density at radius 3 is 2.39 bits per heavy atom. The third kappa shape index (κ3) is 3.75. The van der Waals surface area contributed by atoms with Gasteiger partial charge in [-0.25, -0.2) is 0 Å². The highest BCUT2D eigenvalue weighted by Gasteiger charge is 2.40. The zero-order valence-electron chi connectivity index (χ0n) is 17.0. The first kappa shape index (κ1) is 20.3. The van der Waals surface area contributed by atoms with Gasteiger partial charge < -0.3 is 14.6 Å². The van der Waals surface area contributed by atoms with Crippen molar-refractivity contribution in [3.05, 3.63) is 22.5 Å². The highest BCUT2D eigenvalue weighted by atomic mass is 16.5. The standard InChI is InChI=1S/C21H28N2O5/c1-11-18(13(3)24)12(2)22-19(11)20(26)14(4)28-21(27)15-9-17(25)23(10-15)16-7-5-6-8-16/h14-16,22H,5-10H2,1-4H3/t14-,15+/m0/s1. The molecule has 7 nitrogen and oxygen atoms in total. The van der Waals surface area contributed by atoms with Crippen LogP contribution in [0.25, 0.3) is 0 Å². The zero-order valence-corrected chi connectivity index (χ0v) is 17.0. The van der Waals surface area contributed by atoms with Gasteiger partial charge >= 0.3 is 5.97 Å². The van der Waals surface area contributed by atoms with E-state index in [0.29, 0.717) is 23.4 Å². The number of carbonyl (C=O) groups excluding carboxylic acids is 4. The molecule has 2 heterocycles. The number of Topliss-reactive ketones (excluding diaryl/α,β-unsaturated/α-hetero) is 2. The van der Waals surface area contributed by atoms with Crippen LogP contribution in [0.5, 0.6) is 0 Å². The normalized spacial score (nSPS) is 21.2. The molecule has 1 aliphatic heterocycles. The average molecular weight is 388 g/mol. The van der Waals surface area contributed by atoms with Gasteiger partial charge in [-0.2, -0.15) is 0 Å². The zero-order chi connectivity index (χ0) is 20.6. The van der Waals surface area contributed by atoms with Crippen LogP contribution in [0, 0.1) is 19.8 Å². The number of rotatable bonds is 6. The molecule has 0 radical (unpaired) electrons. The number of hydrogen-bond acceptors (Lipinski definition) is 5. The number of aryl methyl sites for hydroxylation is 1. The number of hydrogen-bond donors (Lipinski definition) is 1. The molecule has 28 heavy (non-hydrogen) atoms. The smallest absolute Gasteiger partial charge is 0.311 e. The Balaban J connectivity index is 1.64. The Bertz CT molecular complexity index is 819. The first-order valence-electron chi connectivity index (χ1n) is 9.95. The van der Waals surface area contributed by atoms with E-state index >= 15 is 0 Å². The summed E-state index contributed by atoms with van der Waals surface area (Å²) in [4.78, 5) is 54.1. The predicted molar refractivity (Wildman–Crippen MR) is 102 cm³/mol. The van der Waals surface area contributed by atoms with E-state index in [1.54, 1.807) is 13.8 Å². The average Bonchev–Trinajstić information content (AvgIpc) is 3.33. The largest absolute Gasteiger partial charge is 0.454 e. The molecule has 1 saturated heterocycles. The molecule has 1 amide bonds. The fraction of sp³-hybridized carbons (Fsp3) is 0.619. The Hall–Kier alpha value is -2.44. The fourth-order valence-corrected chi connectivity index (χ4v) is 4.51. The number of amides is 1. The molecule has 2 fully saturated rings. The number of H-pyrrole nitrogens is 1. The Labute approximate surface area is 164 Å². The second kappa shape index (κ2) is 7.89. The lowest BCUT2D eigenvalue weighted by Crippen LogP contribution is -2.35. The highest BCUT2D eigenvalue weighted by Crippen LogP contribution is 2.30. The summed E-state index contributed by atoms with van der Waals surface area (Å²) in [7, 11) is 0. The molecule has 1 aliphatic carbocycles. The van der Waals surface area contributed by atoms with Gasteiger partial charge in [0.25, 0.3) is 0 Å². The van der Waals surface area contributed by atoms with Crippen LogP contribution in [0.15, 0.2) is 0 Å². The van der Waals surface area contributed by atoms with E-state index in [1.165, 1.54) is 13.8 Å². The van der Waals surface area contributed by atoms with Gasteiger partial charge in [0.2, 0.25) is 11.7 Å². The van der Waals surface area contributed by atoms with E-state index in [1.807, 2.05) is 4.90 Å². The Morgan fingerprint density at radius 2 is 1.82 bits per heavy atom. The summed E-state index contributed by atoms with van der Waals surface area (Å²) >= 11 is 0. The highest BCUT2D eigenvalue weighted by molar-refractivity contribution is 6.05. The van der Waals surface area contributed by atoms with Crippen LogP contribution in [0.4, 0.5) is 0 Å². The molecule has 0 aromatic carbocycles. The van der Waals surface area contributed by atoms with Crippen LogP contribution in [0.1, 0.15) is 78.1 Å². The molecule has 7 heteroatoms. The van der Waals surface area contributed by atoms with Crippen LogP contribution in [0.3, 0.4) is 0 Å². The molecule has 1 aromatic heterocycles. The van der Waals surface area contributed by atoms with Gasteiger partial charge in [-0.15, -0.1) is 0 Å². The molecule has 3 rings (SSSR count). The molecule has 1 aromatic rings. The lowest BCUT2D eigenvalue weighted by atomic mass is 10.0. The summed E-state index contributed by atoms with van der Waals surface area (Å²) in [5.41, 5.74) is 1.98. The minimum Gasteiger partial charge on any atom is -0.454 e. The number of aromatic nitrogens is 1. The fourth-order valence-electron chi connectivity index (χ4n) is 4.51. The van der Waals surface area contributed by atoms with Crippen molar-refractivity contribution in [1.82, 2.24) is 9.88 Å². The molecule has 2 atom stereocenters. The number of aromatic amines is 1. The Kier molecular flexibility index (Phi) is 5.72. The number of ether oxygens (including phenoxy) is 1. The molecule has 0 unspecified atom stereocenters. The van der Waals surface area contributed by atoms with E-state index in [-0.39, 0.29) is 35.6 Å². The molecular formula is C21H28N2O5. The number of likely N-dealkylation sites (tertiary alicyclic amines) is 1. The third-order valence-corrected chi connectivity index (χ3v) is 5.96. The van der Waals surface area contributed by atoms with Crippen molar-refractivity contribution in [2.45, 2.75) is 71.9 Å². The number of nitrogens with one attached hydrogen (secondary N) is 1. The molecule has 152 valence electrons. The van der Waals surface area contributed by atoms with Crippen molar-refractivity contribution < 1.29 is 23.9 Å². The predicted octanol–water partition coefficient (Wildman–Crippen LogP) is 2.74. The van der Waals surface area contributed by atoms with E-state index in [2.05, 4.69) is 4.98 Å². The maximum atomic E-state index is 12.7. The van der Waals surface area contributed by atoms with Crippen LogP contribution in [-0.2, 0) is 14.3 Å². The third-order valence-electron chi connectivity index (χ3n) is 5.96. The van der Waals surface area contributed by atoms with Crippen molar-refractivity contribution in [2.75, 3.05) is 6.54 Å². The summed E-state index contributed by atoms with van der Waals surface area (Å²) in [6.07, 6.45) is 3.38. The van der Waals surface area contributed by atoms with Crippen molar-refractivity contribution in [3.8, 4) is 0 Å². The molecule has 0 bridgehead atoms. The van der Waals surface area contributed by atoms with E-state index in [9.17, 15) is 19.2 Å². The van der Waals surface area contributed by atoms with Crippen molar-refractivity contribution in [2.24, 2.45) is 5.92 Å². The Morgan fingerprint density at radius 1 is 1.18 bits per heavy atom. The van der Waals surface area contributed by atoms with Crippen molar-refractivity contribution >= 4 is 23.4 Å². The first-order valence-corrected chi connectivity index (χ1v) is 9.95. The second-order valence-corrected chi connectivity index (χ2v) is 8.01. The molecule has 0 spiro atoms. The molecule has 1 N–H and O–H groups in total. The molecule has 1 saturated carbocycles. The van der Waals surface area contributed by atoms with Crippen LogP contribution in [0.2, 0.25) is 0 Å². The topological polar surface area (TPSA) is 96.5 Å². The van der Waals surface area contributed by atoms with Crippen LogP contribution in [-0.4, -0.2) is 52.0 Å². The maximum Gasteiger partial charge on any atom is 0.311 e. The quantitative estimate of drug-likeness (QED) is 0.597. The van der Waals surface area contributed by atoms with Gasteiger partial charge in [0.15, 0.2) is 11.9 Å². The van der Waals surface area contributed by atoms with Gasteiger partial charge in [0.05, 0.1) is 11.6 Å². The lowest BCUT2D eigenvalue weighted by molar-refractivity contribution is -0.151. The van der Waals surface area contributed by atoms with Crippen LogP contribution < -0.4 is 0 Å². The number of carbonyl (C=O) groups is 4. The van der Waals surface area contributed by atoms with Crippen molar-refractivity contribution in [3.63, 3.8) is 0 Å². The minimum absolute atomic E-state index is 0.00485. The lowest BCUT2D eigenvalue weighted by Gasteiger charge is -2.24. The summed E-state index contributed by atoms with van der Waals surface area (Å²) in [5.74, 6) is -1.54. The van der Waals surface area contributed by atoms with Gasteiger partial charge in [0, 0.05) is 30.3 Å². The summed E-state index contributed by atoms with van der Waals surface area (Å²) in [5, 5.41) is 0. The monoisotopic (exact) mass is 388 g/mol. The van der Waals surface area contributed by atoms with Gasteiger partial charge in [-0.05, 0) is 46.1 Å². The van der Waals surface area contributed by atoms with E-state index < -0.39 is 18.0 Å². The second-order valence-electron chi connectivity index (χ2n) is 8.01. The summed E-state index contributed by atoms with van der Waals surface area (Å²) in [6.45, 7) is 6.79. The first-order chi connectivity index (χ1) is 13.2. The van der Waals surface area contributed by atoms with Crippen molar-refractivity contribution in [1.29, 1.82) is 0 Å². The molecule has 2 aliphatic rings. The van der Waals surface area contributed by atoms with Gasteiger partial charge in [0.1, 0.15) is 0 Å². The van der Waals surface area contributed by atoms with Gasteiger partial charge in [-0.1, -0.05) is 12.8 Å². The van der Waals surface area contributed by atoms with Crippen LogP contribution >= 0.6 is 0 Å². The minimum atomic E-state index is -0.986. The number of esters is 1. The number of nitrogens with zero attached hydrogens (tertiary/aromatic N) is 1. The number of ketones is 2. The van der Waals surface area contributed by atoms with E-state index in [0.717, 1.165) is 25.7 Å². The van der Waals surface area contributed by atoms with E-state index in [4.69, 9.17) is 4.74 Å².